The molecule has 0 aliphatic carbocycles. The first kappa shape index (κ1) is 26.7. The fourth-order valence-corrected chi connectivity index (χ4v) is 4.28. The summed E-state index contributed by atoms with van der Waals surface area (Å²) < 4.78 is 27.8. The summed E-state index contributed by atoms with van der Waals surface area (Å²) in [5.74, 6) is -1.19. The Morgan fingerprint density at radius 3 is 2.06 bits per heavy atom. The Kier molecular flexibility index (Phi) is 8.30. The molecule has 0 saturated heterocycles. The van der Waals surface area contributed by atoms with Crippen molar-refractivity contribution in [2.24, 2.45) is 0 Å². The van der Waals surface area contributed by atoms with Crippen LogP contribution in [0.5, 0.6) is 0 Å². The maximum Gasteiger partial charge on any atom is 0.253 e. The van der Waals surface area contributed by atoms with Crippen molar-refractivity contribution in [2.75, 3.05) is 10.6 Å². The third-order valence-corrected chi connectivity index (χ3v) is 6.01. The zero-order valence-electron chi connectivity index (χ0n) is 21.5. The zero-order chi connectivity index (χ0) is 26.6. The van der Waals surface area contributed by atoms with Crippen molar-refractivity contribution in [3.8, 4) is 11.1 Å². The van der Waals surface area contributed by atoms with Gasteiger partial charge in [0.15, 0.2) is 0 Å². The molecule has 3 N–H and O–H groups in total. The Labute approximate surface area is 212 Å². The maximum atomic E-state index is 13.9. The standard InChI is InChI=1S/C30H33F2N3O/c1-8-27(17(2)3)35-30(36)26-10-9-22(23-13-24(31)16-25(32)14-23)15-28(26)33-21(7)34-29-19(5)11-18(4)12-20(29)6/h9-16,27,33-34H,2,7-8H2,1,3-6H3,(H,35,36). The van der Waals surface area contributed by atoms with E-state index in [1.807, 2.05) is 34.6 Å². The lowest BCUT2D eigenvalue weighted by Gasteiger charge is -2.21. The topological polar surface area (TPSA) is 53.2 Å². The summed E-state index contributed by atoms with van der Waals surface area (Å²) in [6.07, 6.45) is 0.699. The van der Waals surface area contributed by atoms with E-state index in [2.05, 4.69) is 41.2 Å². The van der Waals surface area contributed by atoms with Crippen molar-refractivity contribution in [1.29, 1.82) is 0 Å². The highest BCUT2D eigenvalue weighted by Gasteiger charge is 2.18. The van der Waals surface area contributed by atoms with Gasteiger partial charge in [-0.15, -0.1) is 0 Å². The number of rotatable bonds is 9. The van der Waals surface area contributed by atoms with E-state index in [1.165, 1.54) is 12.1 Å². The normalized spacial score (nSPS) is 11.5. The van der Waals surface area contributed by atoms with Crippen molar-refractivity contribution < 1.29 is 13.6 Å². The zero-order valence-corrected chi connectivity index (χ0v) is 21.5. The molecule has 1 atom stereocenters. The molecule has 1 amide bonds. The van der Waals surface area contributed by atoms with Crippen LogP contribution in [0.3, 0.4) is 0 Å². The van der Waals surface area contributed by atoms with Crippen LogP contribution in [-0.4, -0.2) is 11.9 Å². The van der Waals surface area contributed by atoms with Gasteiger partial charge in [0.2, 0.25) is 0 Å². The summed E-state index contributed by atoms with van der Waals surface area (Å²) >= 11 is 0. The lowest BCUT2D eigenvalue weighted by Crippen LogP contribution is -2.35. The molecule has 36 heavy (non-hydrogen) atoms. The van der Waals surface area contributed by atoms with E-state index >= 15 is 0 Å². The molecule has 3 aromatic carbocycles. The largest absolute Gasteiger partial charge is 0.346 e. The fraction of sp³-hybridized carbons (Fsp3) is 0.233. The number of hydrogen-bond acceptors (Lipinski definition) is 3. The molecule has 0 fully saturated rings. The van der Waals surface area contributed by atoms with E-state index in [0.717, 1.165) is 34.0 Å². The molecular formula is C30H33F2N3O. The van der Waals surface area contributed by atoms with Crippen molar-refractivity contribution >= 4 is 17.3 Å². The van der Waals surface area contributed by atoms with Crippen LogP contribution in [0.25, 0.3) is 11.1 Å². The van der Waals surface area contributed by atoms with Gasteiger partial charge in [-0.3, -0.25) is 4.79 Å². The molecule has 0 radical (unpaired) electrons. The van der Waals surface area contributed by atoms with Gasteiger partial charge < -0.3 is 16.0 Å². The monoisotopic (exact) mass is 489 g/mol. The van der Waals surface area contributed by atoms with E-state index < -0.39 is 11.6 Å². The van der Waals surface area contributed by atoms with Crippen LogP contribution in [0.4, 0.5) is 20.2 Å². The Morgan fingerprint density at radius 1 is 0.889 bits per heavy atom. The number of carbonyl (C=O) groups excluding carboxylic acids is 1. The molecule has 3 rings (SSSR count). The first-order chi connectivity index (χ1) is 17.0. The number of hydrogen-bond donors (Lipinski definition) is 3. The van der Waals surface area contributed by atoms with E-state index in [1.54, 1.807) is 18.2 Å². The summed E-state index contributed by atoms with van der Waals surface area (Å²) in [6.45, 7) is 18.0. The number of carbonyl (C=O) groups is 1. The first-order valence-electron chi connectivity index (χ1n) is 11.9. The number of anilines is 2. The summed E-state index contributed by atoms with van der Waals surface area (Å²) in [6, 6.07) is 12.3. The number of halogens is 2. The average Bonchev–Trinajstić information content (AvgIpc) is 2.78. The van der Waals surface area contributed by atoms with E-state index in [4.69, 9.17) is 0 Å². The van der Waals surface area contributed by atoms with Crippen LogP contribution >= 0.6 is 0 Å². The molecule has 0 bridgehead atoms. The van der Waals surface area contributed by atoms with E-state index in [0.29, 0.717) is 34.6 Å². The predicted molar refractivity (Wildman–Crippen MR) is 145 cm³/mol. The van der Waals surface area contributed by atoms with Gasteiger partial charge in [-0.1, -0.05) is 49.4 Å². The van der Waals surface area contributed by atoms with Gasteiger partial charge in [-0.05, 0) is 80.6 Å². The molecule has 0 spiro atoms. The predicted octanol–water partition coefficient (Wildman–Crippen LogP) is 7.64. The molecule has 0 aromatic heterocycles. The summed E-state index contributed by atoms with van der Waals surface area (Å²) in [5.41, 5.74) is 6.78. The van der Waals surface area contributed by atoms with Gasteiger partial charge in [0, 0.05) is 17.8 Å². The maximum absolute atomic E-state index is 13.9. The lowest BCUT2D eigenvalue weighted by atomic mass is 10.0. The molecule has 0 aliphatic rings. The molecule has 6 heteroatoms. The Morgan fingerprint density at radius 2 is 1.50 bits per heavy atom. The quantitative estimate of drug-likeness (QED) is 0.271. The SMILES string of the molecule is C=C(Nc1cc(-c2cc(F)cc(F)c2)ccc1C(=O)NC(CC)C(=C)C)Nc1c(C)cc(C)cc1C. The van der Waals surface area contributed by atoms with E-state index in [9.17, 15) is 13.6 Å². The number of aryl methyl sites for hydroxylation is 3. The summed E-state index contributed by atoms with van der Waals surface area (Å²) in [5, 5.41) is 9.49. The molecule has 0 heterocycles. The van der Waals surface area contributed by atoms with E-state index in [-0.39, 0.29) is 11.9 Å². The minimum atomic E-state index is -0.676. The van der Waals surface area contributed by atoms with Crippen LogP contribution < -0.4 is 16.0 Å². The summed E-state index contributed by atoms with van der Waals surface area (Å²) in [4.78, 5) is 13.2. The van der Waals surface area contributed by atoms with Crippen molar-refractivity contribution in [2.45, 2.75) is 47.1 Å². The second kappa shape index (κ2) is 11.2. The second-order valence-corrected chi connectivity index (χ2v) is 9.20. The van der Waals surface area contributed by atoms with Gasteiger partial charge in [-0.25, -0.2) is 8.78 Å². The van der Waals surface area contributed by atoms with Crippen molar-refractivity contribution in [3.63, 3.8) is 0 Å². The molecule has 0 saturated carbocycles. The van der Waals surface area contributed by atoms with Crippen molar-refractivity contribution in [3.05, 3.63) is 107 Å². The number of nitrogens with one attached hydrogen (secondary N) is 3. The van der Waals surface area contributed by atoms with Crippen LogP contribution in [0.1, 0.15) is 47.3 Å². The van der Waals surface area contributed by atoms with Crippen LogP contribution in [-0.2, 0) is 0 Å². The minimum absolute atomic E-state index is 0.179. The molecule has 188 valence electrons. The summed E-state index contributed by atoms with van der Waals surface area (Å²) in [7, 11) is 0. The third-order valence-electron chi connectivity index (χ3n) is 6.01. The fourth-order valence-electron chi connectivity index (χ4n) is 4.28. The van der Waals surface area contributed by atoms with Crippen LogP contribution in [0.15, 0.2) is 73.1 Å². The number of amides is 1. The second-order valence-electron chi connectivity index (χ2n) is 9.20. The average molecular weight is 490 g/mol. The van der Waals surface area contributed by atoms with Gasteiger partial charge in [0.05, 0.1) is 11.3 Å². The highest BCUT2D eigenvalue weighted by Crippen LogP contribution is 2.29. The Bertz CT molecular complexity index is 1290. The lowest BCUT2D eigenvalue weighted by molar-refractivity contribution is 0.0942. The minimum Gasteiger partial charge on any atom is -0.346 e. The smallest absolute Gasteiger partial charge is 0.253 e. The Balaban J connectivity index is 1.99. The first-order valence-corrected chi connectivity index (χ1v) is 11.9. The highest BCUT2D eigenvalue weighted by atomic mass is 19.1. The third kappa shape index (κ3) is 6.39. The van der Waals surface area contributed by atoms with Crippen LogP contribution in [0, 0.1) is 32.4 Å². The molecule has 1 unspecified atom stereocenters. The van der Waals surface area contributed by atoms with Gasteiger partial charge in [0.1, 0.15) is 17.5 Å². The highest BCUT2D eigenvalue weighted by molar-refractivity contribution is 6.01. The van der Waals surface area contributed by atoms with Crippen molar-refractivity contribution in [1.82, 2.24) is 5.32 Å². The molecular weight excluding hydrogens is 456 g/mol. The van der Waals surface area contributed by atoms with Gasteiger partial charge in [-0.2, -0.15) is 0 Å². The van der Waals surface area contributed by atoms with Gasteiger partial charge >= 0.3 is 0 Å². The molecule has 4 nitrogen and oxygen atoms in total. The molecule has 3 aromatic rings. The number of benzene rings is 3. The van der Waals surface area contributed by atoms with Gasteiger partial charge in [0.25, 0.3) is 5.91 Å². The van der Waals surface area contributed by atoms with Crippen LogP contribution in [0.2, 0.25) is 0 Å². The Hall–Kier alpha value is -3.93. The molecule has 0 aliphatic heterocycles.